The van der Waals surface area contributed by atoms with Crippen molar-refractivity contribution >= 4 is 29.2 Å². The zero-order chi connectivity index (χ0) is 19.9. The van der Waals surface area contributed by atoms with E-state index in [0.717, 1.165) is 32.4 Å². The number of anilines is 1. The van der Waals surface area contributed by atoms with Gasteiger partial charge in [0.05, 0.1) is 28.0 Å². The average molecular weight is 418 g/mol. The van der Waals surface area contributed by atoms with Crippen LogP contribution >= 0.6 is 12.2 Å². The second-order valence-electron chi connectivity index (χ2n) is 8.80. The van der Waals surface area contributed by atoms with Gasteiger partial charge in [-0.25, -0.2) is 13.9 Å². The summed E-state index contributed by atoms with van der Waals surface area (Å²) in [6, 6.07) is 8.69. The van der Waals surface area contributed by atoms with E-state index in [2.05, 4.69) is 49.1 Å². The molecule has 1 aromatic carbocycles. The van der Waals surface area contributed by atoms with Crippen molar-refractivity contribution in [2.75, 3.05) is 18.0 Å². The van der Waals surface area contributed by atoms with Crippen molar-refractivity contribution in [3.8, 4) is 0 Å². The first-order chi connectivity index (χ1) is 13.3. The summed E-state index contributed by atoms with van der Waals surface area (Å²) < 4.78 is 16.7. The van der Waals surface area contributed by atoms with Crippen LogP contribution in [0.1, 0.15) is 50.8 Å². The van der Waals surface area contributed by atoms with E-state index < -0.39 is 11.0 Å². The van der Waals surface area contributed by atoms with Crippen LogP contribution in [0.4, 0.5) is 5.95 Å². The van der Waals surface area contributed by atoms with Gasteiger partial charge >= 0.3 is 0 Å². The van der Waals surface area contributed by atoms with E-state index in [4.69, 9.17) is 12.2 Å². The number of hydrogen-bond donors (Lipinski definition) is 2. The Hall–Kier alpha value is -1.64. The van der Waals surface area contributed by atoms with Crippen LogP contribution < -0.4 is 9.62 Å². The first-order valence-corrected chi connectivity index (χ1v) is 11.3. The van der Waals surface area contributed by atoms with E-state index in [-0.39, 0.29) is 16.2 Å². The Morgan fingerprint density at radius 1 is 1.29 bits per heavy atom. The molecule has 150 valence electrons. The molecule has 0 unspecified atom stereocenters. The van der Waals surface area contributed by atoms with Gasteiger partial charge in [-0.15, -0.1) is 5.10 Å². The Labute approximate surface area is 173 Å². The van der Waals surface area contributed by atoms with Crippen molar-refractivity contribution < 1.29 is 4.21 Å². The molecule has 2 aromatic rings. The summed E-state index contributed by atoms with van der Waals surface area (Å²) >= 11 is 5.04. The molecular weight excluding hydrogens is 390 g/mol. The van der Waals surface area contributed by atoms with Crippen molar-refractivity contribution in [2.24, 2.45) is 5.41 Å². The smallest absolute Gasteiger partial charge is 0.243 e. The number of aromatic nitrogens is 3. The number of nitrogens with one attached hydrogen (secondary N) is 2. The molecule has 0 bridgehead atoms. The van der Waals surface area contributed by atoms with Crippen LogP contribution in [0.5, 0.6) is 0 Å². The number of hydrogen-bond acceptors (Lipinski definition) is 5. The molecule has 1 saturated heterocycles. The van der Waals surface area contributed by atoms with Crippen LogP contribution in [-0.4, -0.2) is 37.2 Å². The van der Waals surface area contributed by atoms with Gasteiger partial charge in [0.25, 0.3) is 0 Å². The number of benzene rings is 1. The highest BCUT2D eigenvalue weighted by molar-refractivity contribution is 7.84. The molecule has 8 heteroatoms. The van der Waals surface area contributed by atoms with E-state index in [1.807, 2.05) is 20.8 Å². The van der Waals surface area contributed by atoms with Crippen LogP contribution in [0.25, 0.3) is 0 Å². The van der Waals surface area contributed by atoms with Crippen LogP contribution in [0.15, 0.2) is 30.5 Å². The zero-order valence-corrected chi connectivity index (χ0v) is 18.2. The lowest BCUT2D eigenvalue weighted by atomic mass is 9.73. The molecule has 2 N–H and O–H groups in total. The fraction of sp³-hybridized carbons (Fsp3) is 0.550. The summed E-state index contributed by atoms with van der Waals surface area (Å²) in [5.41, 5.74) is 2.75. The molecule has 1 spiro atoms. The minimum atomic E-state index is -1.11. The van der Waals surface area contributed by atoms with Crippen molar-refractivity contribution in [1.29, 1.82) is 0 Å². The number of rotatable bonds is 3. The summed E-state index contributed by atoms with van der Waals surface area (Å²) in [7, 11) is -1.11. The molecule has 0 amide bonds. The standard InChI is InChI=1S/C20H27N5OS2/c1-19(2,3)28(26)24-17-15-7-5-4-6-14(15)12-20(17)8-10-25(11-9-20)18-21-13-16(27)22-23-18/h4-7,13,17,24H,8-12H2,1-3H3,(H,22,27)/t17-,28+/m1/s1. The number of H-pyrrole nitrogens is 1. The van der Waals surface area contributed by atoms with Gasteiger partial charge < -0.3 is 4.90 Å². The molecule has 1 aliphatic heterocycles. The Balaban J connectivity index is 1.58. The minimum Gasteiger partial charge on any atom is -0.340 e. The average Bonchev–Trinajstić information content (AvgIpc) is 2.95. The molecule has 2 heterocycles. The topological polar surface area (TPSA) is 73.9 Å². The van der Waals surface area contributed by atoms with E-state index in [1.165, 1.54) is 11.1 Å². The third-order valence-corrected chi connectivity index (χ3v) is 7.67. The lowest BCUT2D eigenvalue weighted by Crippen LogP contribution is -2.48. The summed E-state index contributed by atoms with van der Waals surface area (Å²) in [6.07, 6.45) is 4.66. The second-order valence-corrected chi connectivity index (χ2v) is 11.2. The van der Waals surface area contributed by atoms with E-state index >= 15 is 0 Å². The highest BCUT2D eigenvalue weighted by Gasteiger charge is 2.48. The van der Waals surface area contributed by atoms with Gasteiger partial charge in [-0.1, -0.05) is 36.5 Å². The minimum absolute atomic E-state index is 0.0722. The summed E-state index contributed by atoms with van der Waals surface area (Å²) in [5.74, 6) is 0.696. The van der Waals surface area contributed by atoms with Crippen LogP contribution in [-0.2, 0) is 17.4 Å². The molecule has 1 fully saturated rings. The molecule has 0 radical (unpaired) electrons. The van der Waals surface area contributed by atoms with Gasteiger partial charge in [0.15, 0.2) is 0 Å². The normalized spacial score (nSPS) is 22.2. The predicted molar refractivity (Wildman–Crippen MR) is 115 cm³/mol. The lowest BCUT2D eigenvalue weighted by Gasteiger charge is -2.43. The van der Waals surface area contributed by atoms with Crippen molar-refractivity contribution in [3.63, 3.8) is 0 Å². The third-order valence-electron chi connectivity index (χ3n) is 5.91. The molecule has 1 aromatic heterocycles. The van der Waals surface area contributed by atoms with Gasteiger partial charge in [0.1, 0.15) is 4.64 Å². The maximum atomic E-state index is 12.9. The van der Waals surface area contributed by atoms with Gasteiger partial charge in [0, 0.05) is 13.1 Å². The molecule has 2 aliphatic rings. The van der Waals surface area contributed by atoms with Crippen LogP contribution in [0, 0.1) is 10.1 Å². The fourth-order valence-electron chi connectivity index (χ4n) is 4.31. The lowest BCUT2D eigenvalue weighted by molar-refractivity contribution is 0.177. The summed E-state index contributed by atoms with van der Waals surface area (Å²) in [4.78, 5) is 6.58. The van der Waals surface area contributed by atoms with Gasteiger partial charge in [0.2, 0.25) is 5.95 Å². The second kappa shape index (κ2) is 7.31. The van der Waals surface area contributed by atoms with Gasteiger partial charge in [-0.2, -0.15) is 0 Å². The molecule has 6 nitrogen and oxygen atoms in total. The fourth-order valence-corrected chi connectivity index (χ4v) is 5.35. The molecule has 1 aliphatic carbocycles. The van der Waals surface area contributed by atoms with Crippen LogP contribution in [0.3, 0.4) is 0 Å². The van der Waals surface area contributed by atoms with Crippen molar-refractivity contribution in [1.82, 2.24) is 19.9 Å². The number of aromatic amines is 1. The Morgan fingerprint density at radius 2 is 2.00 bits per heavy atom. The largest absolute Gasteiger partial charge is 0.340 e. The first-order valence-electron chi connectivity index (χ1n) is 9.71. The number of nitrogens with zero attached hydrogens (tertiary/aromatic N) is 3. The first kappa shape index (κ1) is 19.7. The van der Waals surface area contributed by atoms with E-state index in [0.29, 0.717) is 10.6 Å². The molecule has 4 rings (SSSR count). The Bertz CT molecular complexity index is 924. The highest BCUT2D eigenvalue weighted by atomic mass is 32.2. The predicted octanol–water partition coefficient (Wildman–Crippen LogP) is 3.47. The Kier molecular flexibility index (Phi) is 5.14. The third kappa shape index (κ3) is 3.65. The molecule has 2 atom stereocenters. The van der Waals surface area contributed by atoms with Gasteiger partial charge in [-0.3, -0.25) is 5.10 Å². The highest BCUT2D eigenvalue weighted by Crippen LogP contribution is 2.52. The Morgan fingerprint density at radius 3 is 2.64 bits per heavy atom. The molecular formula is C20H27N5OS2. The van der Waals surface area contributed by atoms with Crippen molar-refractivity contribution in [2.45, 2.75) is 50.8 Å². The summed E-state index contributed by atoms with van der Waals surface area (Å²) in [5, 5.41) is 7.11. The monoisotopic (exact) mass is 417 g/mol. The number of piperidine rings is 1. The van der Waals surface area contributed by atoms with Gasteiger partial charge in [-0.05, 0) is 56.6 Å². The zero-order valence-electron chi connectivity index (χ0n) is 16.6. The van der Waals surface area contributed by atoms with E-state index in [9.17, 15) is 4.21 Å². The quantitative estimate of drug-likeness (QED) is 0.748. The number of fused-ring (bicyclic) bond motifs is 1. The maximum Gasteiger partial charge on any atom is 0.243 e. The SMILES string of the molecule is CC(C)(C)[S@](=O)N[C@@H]1c2ccccc2CC12CCN(c1ncc(=S)[nH]n1)CC2. The van der Waals surface area contributed by atoms with Crippen molar-refractivity contribution in [3.05, 3.63) is 46.2 Å². The summed E-state index contributed by atoms with van der Waals surface area (Å²) in [6.45, 7) is 7.80. The molecule has 28 heavy (non-hydrogen) atoms. The molecule has 0 saturated carbocycles. The maximum absolute atomic E-state index is 12.9. The van der Waals surface area contributed by atoms with E-state index in [1.54, 1.807) is 6.20 Å². The van der Waals surface area contributed by atoms with Crippen LogP contribution in [0.2, 0.25) is 0 Å².